The summed E-state index contributed by atoms with van der Waals surface area (Å²) >= 11 is 0. The molecule has 4 rings (SSSR count). The minimum atomic E-state index is -0.585. The third-order valence-corrected chi connectivity index (χ3v) is 4.38. The first-order valence-electron chi connectivity index (χ1n) is 9.14. The van der Waals surface area contributed by atoms with Gasteiger partial charge in [0.05, 0.1) is 0 Å². The predicted molar refractivity (Wildman–Crippen MR) is 109 cm³/mol. The fourth-order valence-corrected chi connectivity index (χ4v) is 3.00. The van der Waals surface area contributed by atoms with Crippen LogP contribution in [0, 0.1) is 12.7 Å². The minimum absolute atomic E-state index is 0.0823. The Kier molecular flexibility index (Phi) is 5.20. The lowest BCUT2D eigenvalue weighted by molar-refractivity contribution is -0.129. The van der Waals surface area contributed by atoms with Gasteiger partial charge in [0.15, 0.2) is 5.70 Å². The third kappa shape index (κ3) is 4.41. The maximum Gasteiger partial charge on any atom is 0.363 e. The lowest BCUT2D eigenvalue weighted by Crippen LogP contribution is -2.05. The van der Waals surface area contributed by atoms with Crippen LogP contribution >= 0.6 is 0 Å². The van der Waals surface area contributed by atoms with Gasteiger partial charge in [-0.05, 0) is 42.8 Å². The Morgan fingerprint density at radius 3 is 2.69 bits per heavy atom. The Morgan fingerprint density at radius 1 is 1.03 bits per heavy atom. The fraction of sp³-hybridized carbons (Fsp3) is 0.0833. The summed E-state index contributed by atoms with van der Waals surface area (Å²) in [5, 5.41) is 0. The number of carbonyl (C=O) groups is 1. The van der Waals surface area contributed by atoms with Gasteiger partial charge in [-0.3, -0.25) is 0 Å². The lowest BCUT2D eigenvalue weighted by Gasteiger charge is -2.09. The zero-order valence-corrected chi connectivity index (χ0v) is 15.8. The Morgan fingerprint density at radius 2 is 1.86 bits per heavy atom. The molecule has 0 saturated carbocycles. The first-order chi connectivity index (χ1) is 14.1. The van der Waals surface area contributed by atoms with Gasteiger partial charge in [-0.25, -0.2) is 14.2 Å². The van der Waals surface area contributed by atoms with Crippen LogP contribution in [0.4, 0.5) is 4.39 Å². The molecule has 3 aromatic carbocycles. The number of ether oxygens (including phenoxy) is 2. The van der Waals surface area contributed by atoms with Crippen LogP contribution in [0.15, 0.2) is 83.5 Å². The van der Waals surface area contributed by atoms with E-state index in [1.165, 1.54) is 18.2 Å². The molecule has 1 aliphatic rings. The van der Waals surface area contributed by atoms with Crippen molar-refractivity contribution < 1.29 is 18.7 Å². The average molecular weight is 387 g/mol. The summed E-state index contributed by atoms with van der Waals surface area (Å²) in [6.45, 7) is 2.44. The van der Waals surface area contributed by atoms with E-state index < -0.39 is 11.8 Å². The summed E-state index contributed by atoms with van der Waals surface area (Å²) in [7, 11) is 0. The molecule has 0 fully saturated rings. The molecule has 0 bridgehead atoms. The van der Waals surface area contributed by atoms with Gasteiger partial charge in [0.25, 0.3) is 0 Å². The van der Waals surface area contributed by atoms with Gasteiger partial charge in [0.2, 0.25) is 5.90 Å². The number of para-hydroxylation sites is 1. The van der Waals surface area contributed by atoms with Crippen LogP contribution in [-0.2, 0) is 16.1 Å². The van der Waals surface area contributed by atoms with E-state index in [9.17, 15) is 9.18 Å². The van der Waals surface area contributed by atoms with E-state index in [1.54, 1.807) is 12.1 Å². The third-order valence-electron chi connectivity index (χ3n) is 4.38. The number of hydrogen-bond donors (Lipinski definition) is 0. The van der Waals surface area contributed by atoms with Gasteiger partial charge in [0, 0.05) is 11.1 Å². The summed E-state index contributed by atoms with van der Waals surface area (Å²) in [5.41, 5.74) is 3.46. The van der Waals surface area contributed by atoms with Crippen molar-refractivity contribution in [1.29, 1.82) is 0 Å². The lowest BCUT2D eigenvalue weighted by atomic mass is 10.1. The first-order valence-corrected chi connectivity index (χ1v) is 9.14. The molecule has 4 nitrogen and oxygen atoms in total. The van der Waals surface area contributed by atoms with E-state index in [0.717, 1.165) is 11.1 Å². The molecule has 144 valence electrons. The van der Waals surface area contributed by atoms with Gasteiger partial charge in [-0.15, -0.1) is 0 Å². The summed E-state index contributed by atoms with van der Waals surface area (Å²) in [6.07, 6.45) is 1.61. The van der Waals surface area contributed by atoms with Crippen LogP contribution < -0.4 is 4.74 Å². The predicted octanol–water partition coefficient (Wildman–Crippen LogP) is 5.06. The van der Waals surface area contributed by atoms with Crippen molar-refractivity contribution in [2.75, 3.05) is 0 Å². The first kappa shape index (κ1) is 18.6. The smallest absolute Gasteiger partial charge is 0.363 e. The molecule has 29 heavy (non-hydrogen) atoms. The topological polar surface area (TPSA) is 47.9 Å². The number of aliphatic imine (C=N–C) groups is 1. The van der Waals surface area contributed by atoms with Crippen molar-refractivity contribution in [3.05, 3.63) is 107 Å². The molecule has 3 aromatic rings. The SMILES string of the molecule is Cc1cccc(COc2ccccc2/C=C2\N=C(c3cccc(F)c3)OC2=O)c1. The zero-order chi connectivity index (χ0) is 20.2. The van der Waals surface area contributed by atoms with Crippen molar-refractivity contribution in [2.45, 2.75) is 13.5 Å². The second kappa shape index (κ2) is 8.10. The maximum absolute atomic E-state index is 13.4. The number of cyclic esters (lactones) is 1. The molecule has 0 radical (unpaired) electrons. The largest absolute Gasteiger partial charge is 0.488 e. The van der Waals surface area contributed by atoms with Gasteiger partial charge >= 0.3 is 5.97 Å². The maximum atomic E-state index is 13.4. The van der Waals surface area contributed by atoms with E-state index in [1.807, 2.05) is 49.4 Å². The van der Waals surface area contributed by atoms with Crippen LogP contribution in [0.3, 0.4) is 0 Å². The molecular formula is C24H18FNO3. The van der Waals surface area contributed by atoms with E-state index in [2.05, 4.69) is 11.1 Å². The second-order valence-corrected chi connectivity index (χ2v) is 6.66. The van der Waals surface area contributed by atoms with Crippen molar-refractivity contribution in [2.24, 2.45) is 4.99 Å². The molecule has 0 atom stereocenters. The highest BCUT2D eigenvalue weighted by Crippen LogP contribution is 2.25. The van der Waals surface area contributed by atoms with Crippen molar-refractivity contribution in [1.82, 2.24) is 0 Å². The minimum Gasteiger partial charge on any atom is -0.488 e. The number of carbonyl (C=O) groups excluding carboxylic acids is 1. The summed E-state index contributed by atoms with van der Waals surface area (Å²) in [6, 6.07) is 21.2. The molecule has 0 aliphatic carbocycles. The molecule has 0 N–H and O–H groups in total. The quantitative estimate of drug-likeness (QED) is 0.454. The highest BCUT2D eigenvalue weighted by atomic mass is 19.1. The van der Waals surface area contributed by atoms with Gasteiger partial charge in [-0.2, -0.15) is 0 Å². The van der Waals surface area contributed by atoms with E-state index in [-0.39, 0.29) is 11.6 Å². The molecule has 0 aromatic heterocycles. The molecule has 5 heteroatoms. The summed E-state index contributed by atoms with van der Waals surface area (Å²) < 4.78 is 24.6. The van der Waals surface area contributed by atoms with Crippen LogP contribution in [-0.4, -0.2) is 11.9 Å². The summed E-state index contributed by atoms with van der Waals surface area (Å²) in [4.78, 5) is 16.5. The van der Waals surface area contributed by atoms with Crippen molar-refractivity contribution >= 4 is 17.9 Å². The molecule has 0 unspecified atom stereocenters. The molecule has 1 heterocycles. The number of esters is 1. The summed E-state index contributed by atoms with van der Waals surface area (Å²) in [5.74, 6) is -0.297. The Hall–Kier alpha value is -3.73. The van der Waals surface area contributed by atoms with Crippen LogP contribution in [0.2, 0.25) is 0 Å². The number of nitrogens with zero attached hydrogens (tertiary/aromatic N) is 1. The number of benzene rings is 3. The number of hydrogen-bond acceptors (Lipinski definition) is 4. The Labute approximate surface area is 167 Å². The van der Waals surface area contributed by atoms with Gasteiger partial charge < -0.3 is 9.47 Å². The van der Waals surface area contributed by atoms with Crippen LogP contribution in [0.1, 0.15) is 22.3 Å². The standard InChI is InChI=1S/C24H18FNO3/c1-16-6-4-7-17(12-16)15-28-22-11-3-2-8-18(22)14-21-24(27)29-23(26-21)19-9-5-10-20(25)13-19/h2-14H,15H2,1H3/b21-14-. The highest BCUT2D eigenvalue weighted by Gasteiger charge is 2.24. The highest BCUT2D eigenvalue weighted by molar-refractivity contribution is 6.12. The average Bonchev–Trinajstić information content (AvgIpc) is 3.08. The van der Waals surface area contributed by atoms with Gasteiger partial charge in [-0.1, -0.05) is 54.1 Å². The van der Waals surface area contributed by atoms with Gasteiger partial charge in [0.1, 0.15) is 18.2 Å². The Balaban J connectivity index is 1.58. The van der Waals surface area contributed by atoms with E-state index in [0.29, 0.717) is 23.5 Å². The van der Waals surface area contributed by atoms with Crippen LogP contribution in [0.5, 0.6) is 5.75 Å². The molecular weight excluding hydrogens is 369 g/mol. The fourth-order valence-electron chi connectivity index (χ4n) is 3.00. The number of halogens is 1. The molecule has 1 aliphatic heterocycles. The number of rotatable bonds is 5. The number of aryl methyl sites for hydroxylation is 1. The Bertz CT molecular complexity index is 1130. The normalized spacial score (nSPS) is 14.6. The van der Waals surface area contributed by atoms with Crippen LogP contribution in [0.25, 0.3) is 6.08 Å². The second-order valence-electron chi connectivity index (χ2n) is 6.66. The molecule has 0 amide bonds. The zero-order valence-electron chi connectivity index (χ0n) is 15.8. The van der Waals surface area contributed by atoms with Crippen molar-refractivity contribution in [3.63, 3.8) is 0 Å². The van der Waals surface area contributed by atoms with Crippen molar-refractivity contribution in [3.8, 4) is 5.75 Å². The molecule has 0 saturated heterocycles. The molecule has 0 spiro atoms. The monoisotopic (exact) mass is 387 g/mol. The van der Waals surface area contributed by atoms with E-state index >= 15 is 0 Å². The van der Waals surface area contributed by atoms with E-state index in [4.69, 9.17) is 9.47 Å².